The van der Waals surface area contributed by atoms with E-state index in [1.807, 2.05) is 0 Å². The number of ether oxygens (including phenoxy) is 2. The van der Waals surface area contributed by atoms with Crippen molar-refractivity contribution < 1.29 is 9.47 Å². The van der Waals surface area contributed by atoms with Crippen LogP contribution in [-0.2, 0) is 9.47 Å². The van der Waals surface area contributed by atoms with Gasteiger partial charge in [-0.1, -0.05) is 12.8 Å². The standard InChI is InChI=1S/C22H40N4O2/c1-19(2)21(5,6)27-17(25-19)13-23-15-11-9-10-12-16(15)24-14-18-26-20(3,4)22(7,8)28-18/h15-16,23-24H,9-14H2,1-8H3/t15-,16-/m1/s1. The van der Waals surface area contributed by atoms with E-state index < -0.39 is 0 Å². The van der Waals surface area contributed by atoms with E-state index in [9.17, 15) is 0 Å². The second kappa shape index (κ2) is 7.28. The smallest absolute Gasteiger partial charge is 0.198 e. The molecule has 1 aliphatic carbocycles. The number of nitrogens with zero attached hydrogens (tertiary/aromatic N) is 2. The van der Waals surface area contributed by atoms with Gasteiger partial charge in [-0.25, -0.2) is 9.98 Å². The largest absolute Gasteiger partial charge is 0.471 e. The monoisotopic (exact) mass is 392 g/mol. The number of hydrogen-bond donors (Lipinski definition) is 2. The Bertz CT molecular complexity index is 593. The fourth-order valence-electron chi connectivity index (χ4n) is 3.98. The first-order chi connectivity index (χ1) is 12.8. The predicted molar refractivity (Wildman–Crippen MR) is 115 cm³/mol. The summed E-state index contributed by atoms with van der Waals surface area (Å²) in [7, 11) is 0. The Morgan fingerprint density at radius 1 is 0.714 bits per heavy atom. The summed E-state index contributed by atoms with van der Waals surface area (Å²) in [6.45, 7) is 18.4. The van der Waals surface area contributed by atoms with Gasteiger partial charge in [0.25, 0.3) is 0 Å². The SMILES string of the molecule is CC1(C)N=C(CN[C@@H]2CCCC[C@H]2NCC2=NC(C)(C)C(C)(C)O2)OC1(C)C. The highest BCUT2D eigenvalue weighted by atomic mass is 16.5. The first-order valence-corrected chi connectivity index (χ1v) is 10.9. The van der Waals surface area contributed by atoms with E-state index in [4.69, 9.17) is 19.5 Å². The molecule has 28 heavy (non-hydrogen) atoms. The zero-order valence-electron chi connectivity index (χ0n) is 19.1. The molecule has 2 N–H and O–H groups in total. The molecular formula is C22H40N4O2. The Morgan fingerprint density at radius 3 is 1.36 bits per heavy atom. The van der Waals surface area contributed by atoms with E-state index in [1.165, 1.54) is 25.7 Å². The molecule has 0 amide bonds. The highest BCUT2D eigenvalue weighted by Gasteiger charge is 2.46. The molecule has 1 fully saturated rings. The van der Waals surface area contributed by atoms with Gasteiger partial charge in [-0.3, -0.25) is 0 Å². The van der Waals surface area contributed by atoms with E-state index in [0.717, 1.165) is 11.8 Å². The molecule has 0 bridgehead atoms. The zero-order valence-corrected chi connectivity index (χ0v) is 19.1. The number of hydrogen-bond acceptors (Lipinski definition) is 6. The maximum absolute atomic E-state index is 6.11. The van der Waals surface area contributed by atoms with Gasteiger partial charge >= 0.3 is 0 Å². The summed E-state index contributed by atoms with van der Waals surface area (Å²) in [6, 6.07) is 0.824. The van der Waals surface area contributed by atoms with Crippen LogP contribution in [0.2, 0.25) is 0 Å². The second-order valence-electron chi connectivity index (χ2n) is 10.6. The molecule has 1 saturated carbocycles. The molecule has 0 aromatic rings. The van der Waals surface area contributed by atoms with Crippen LogP contribution in [0.1, 0.15) is 81.1 Å². The van der Waals surface area contributed by atoms with Crippen molar-refractivity contribution in [2.75, 3.05) is 13.1 Å². The third-order valence-electron chi connectivity index (χ3n) is 7.30. The van der Waals surface area contributed by atoms with Gasteiger partial charge < -0.3 is 20.1 Å². The van der Waals surface area contributed by atoms with Crippen molar-refractivity contribution in [3.63, 3.8) is 0 Å². The van der Waals surface area contributed by atoms with Gasteiger partial charge in [0, 0.05) is 12.1 Å². The summed E-state index contributed by atoms with van der Waals surface area (Å²) in [5.41, 5.74) is -0.894. The molecule has 2 heterocycles. The molecule has 0 spiro atoms. The third-order valence-corrected chi connectivity index (χ3v) is 7.30. The molecule has 6 nitrogen and oxygen atoms in total. The zero-order chi connectivity index (χ0) is 20.8. The van der Waals surface area contributed by atoms with Crippen molar-refractivity contribution in [3.8, 4) is 0 Å². The molecule has 0 aromatic carbocycles. The van der Waals surface area contributed by atoms with Crippen molar-refractivity contribution in [2.24, 2.45) is 9.98 Å². The van der Waals surface area contributed by atoms with Crippen molar-refractivity contribution >= 4 is 11.8 Å². The Labute approximate surface area is 171 Å². The maximum atomic E-state index is 6.11. The van der Waals surface area contributed by atoms with Gasteiger partial charge in [-0.05, 0) is 68.2 Å². The third kappa shape index (κ3) is 4.23. The van der Waals surface area contributed by atoms with E-state index >= 15 is 0 Å². The van der Waals surface area contributed by atoms with E-state index in [0.29, 0.717) is 25.2 Å². The van der Waals surface area contributed by atoms with Gasteiger partial charge in [0.15, 0.2) is 11.8 Å². The van der Waals surface area contributed by atoms with E-state index in [1.54, 1.807) is 0 Å². The molecule has 3 aliphatic rings. The minimum Gasteiger partial charge on any atom is -0.471 e. The van der Waals surface area contributed by atoms with E-state index in [-0.39, 0.29) is 22.3 Å². The van der Waals surface area contributed by atoms with Gasteiger partial charge in [-0.2, -0.15) is 0 Å². The first kappa shape index (κ1) is 21.6. The second-order valence-corrected chi connectivity index (χ2v) is 10.6. The normalized spacial score (nSPS) is 32.3. The van der Waals surface area contributed by atoms with Gasteiger partial charge in [-0.15, -0.1) is 0 Å². The number of nitrogens with one attached hydrogen (secondary N) is 2. The summed E-state index contributed by atoms with van der Waals surface area (Å²) < 4.78 is 12.2. The van der Waals surface area contributed by atoms with Crippen LogP contribution in [0.15, 0.2) is 9.98 Å². The van der Waals surface area contributed by atoms with E-state index in [2.05, 4.69) is 66.0 Å². The number of rotatable bonds is 6. The Balaban J connectivity index is 1.54. The Kier molecular flexibility index (Phi) is 5.61. The lowest BCUT2D eigenvalue weighted by Crippen LogP contribution is -2.52. The summed E-state index contributed by atoms with van der Waals surface area (Å²) in [6.07, 6.45) is 4.86. The van der Waals surface area contributed by atoms with Crippen LogP contribution in [-0.4, -0.2) is 59.2 Å². The van der Waals surface area contributed by atoms with Gasteiger partial charge in [0.05, 0.1) is 24.2 Å². The average molecular weight is 393 g/mol. The molecule has 160 valence electrons. The molecule has 3 rings (SSSR count). The first-order valence-electron chi connectivity index (χ1n) is 10.9. The summed E-state index contributed by atoms with van der Waals surface area (Å²) in [5.74, 6) is 1.65. The maximum Gasteiger partial charge on any atom is 0.198 e. The minimum absolute atomic E-state index is 0.189. The molecule has 2 aliphatic heterocycles. The predicted octanol–water partition coefficient (Wildman–Crippen LogP) is 3.45. The van der Waals surface area contributed by atoms with Crippen LogP contribution in [0.5, 0.6) is 0 Å². The molecule has 0 radical (unpaired) electrons. The summed E-state index contributed by atoms with van der Waals surface area (Å²) in [5, 5.41) is 7.40. The molecule has 0 unspecified atom stereocenters. The highest BCUT2D eigenvalue weighted by Crippen LogP contribution is 2.35. The van der Waals surface area contributed by atoms with Gasteiger partial charge in [0.1, 0.15) is 11.2 Å². The fraction of sp³-hybridized carbons (Fsp3) is 0.909. The van der Waals surface area contributed by atoms with Crippen LogP contribution in [0.4, 0.5) is 0 Å². The average Bonchev–Trinajstić information content (AvgIpc) is 2.90. The lowest BCUT2D eigenvalue weighted by Gasteiger charge is -2.34. The van der Waals surface area contributed by atoms with Crippen LogP contribution < -0.4 is 10.6 Å². The van der Waals surface area contributed by atoms with Crippen LogP contribution in [0, 0.1) is 0 Å². The van der Waals surface area contributed by atoms with Crippen LogP contribution in [0.25, 0.3) is 0 Å². The minimum atomic E-state index is -0.258. The molecular weight excluding hydrogens is 352 g/mol. The van der Waals surface area contributed by atoms with Crippen LogP contribution >= 0.6 is 0 Å². The quantitative estimate of drug-likeness (QED) is 0.726. The van der Waals surface area contributed by atoms with Crippen molar-refractivity contribution in [1.29, 1.82) is 0 Å². The Morgan fingerprint density at radius 2 is 1.07 bits per heavy atom. The number of aliphatic imine (C=N–C) groups is 2. The summed E-state index contributed by atoms with van der Waals surface area (Å²) >= 11 is 0. The molecule has 2 atom stereocenters. The summed E-state index contributed by atoms with van der Waals surface area (Å²) in [4.78, 5) is 9.59. The van der Waals surface area contributed by atoms with Crippen molar-refractivity contribution in [3.05, 3.63) is 0 Å². The lowest BCUT2D eigenvalue weighted by atomic mass is 9.87. The topological polar surface area (TPSA) is 67.2 Å². The highest BCUT2D eigenvalue weighted by molar-refractivity contribution is 5.81. The van der Waals surface area contributed by atoms with Crippen LogP contribution in [0.3, 0.4) is 0 Å². The van der Waals surface area contributed by atoms with Crippen molar-refractivity contribution in [1.82, 2.24) is 10.6 Å². The molecule has 0 aromatic heterocycles. The fourth-order valence-corrected chi connectivity index (χ4v) is 3.98. The lowest BCUT2D eigenvalue weighted by molar-refractivity contribution is 0.0585. The molecule has 6 heteroatoms. The van der Waals surface area contributed by atoms with Crippen molar-refractivity contribution in [2.45, 2.75) is 115 Å². The van der Waals surface area contributed by atoms with Gasteiger partial charge in [0.2, 0.25) is 0 Å². The Hall–Kier alpha value is -1.14. The molecule has 0 saturated heterocycles.